The average molecular weight is 377 g/mol. The first-order valence-corrected chi connectivity index (χ1v) is 10.5. The largest absolute Gasteiger partial charge is 0.462 e. The minimum absolute atomic E-state index is 0.135. The Morgan fingerprint density at radius 1 is 1.20 bits per heavy atom. The smallest absolute Gasteiger partial charge is 0.338 e. The van der Waals surface area contributed by atoms with Gasteiger partial charge < -0.3 is 4.74 Å². The van der Waals surface area contributed by atoms with Crippen molar-refractivity contribution in [3.63, 3.8) is 0 Å². The molecule has 7 heteroatoms. The van der Waals surface area contributed by atoms with Gasteiger partial charge in [-0.3, -0.25) is 0 Å². The highest BCUT2D eigenvalue weighted by Crippen LogP contribution is 2.36. The van der Waals surface area contributed by atoms with Gasteiger partial charge in [-0.1, -0.05) is 18.2 Å². The second kappa shape index (κ2) is 7.59. The highest BCUT2D eigenvalue weighted by Gasteiger charge is 2.26. The first-order valence-electron chi connectivity index (χ1n) is 8.02. The van der Waals surface area contributed by atoms with E-state index in [0.717, 1.165) is 22.6 Å². The number of carbonyl (C=O) groups is 1. The maximum atomic E-state index is 12.7. The number of esters is 1. The van der Waals surface area contributed by atoms with Crippen LogP contribution in [0.2, 0.25) is 0 Å². The van der Waals surface area contributed by atoms with Crippen molar-refractivity contribution in [2.24, 2.45) is 0 Å². The van der Waals surface area contributed by atoms with Crippen LogP contribution in [0.3, 0.4) is 0 Å². The number of fused-ring (bicyclic) bond motifs is 1. The molecule has 0 bridgehead atoms. The fraction of sp³-hybridized carbons (Fsp3) is 0.278. The van der Waals surface area contributed by atoms with Gasteiger partial charge in [0.25, 0.3) is 0 Å². The fourth-order valence-electron chi connectivity index (χ4n) is 2.70. The summed E-state index contributed by atoms with van der Waals surface area (Å²) in [6.45, 7) is 2.00. The van der Waals surface area contributed by atoms with Crippen LogP contribution >= 0.6 is 11.8 Å². The molecular weight excluding hydrogens is 358 g/mol. The molecule has 0 unspecified atom stereocenters. The third-order valence-electron chi connectivity index (χ3n) is 3.93. The van der Waals surface area contributed by atoms with Gasteiger partial charge in [0.05, 0.1) is 17.1 Å². The zero-order chi connectivity index (χ0) is 17.9. The van der Waals surface area contributed by atoms with Gasteiger partial charge in [-0.2, -0.15) is 0 Å². The Labute approximate surface area is 151 Å². The van der Waals surface area contributed by atoms with Crippen molar-refractivity contribution < 1.29 is 17.9 Å². The number of benzene rings is 2. The summed E-state index contributed by atoms with van der Waals surface area (Å²) in [5.41, 5.74) is 1.34. The first-order chi connectivity index (χ1) is 12.0. The van der Waals surface area contributed by atoms with E-state index in [1.54, 1.807) is 18.7 Å². The van der Waals surface area contributed by atoms with Gasteiger partial charge in [0.15, 0.2) is 0 Å². The molecule has 0 radical (unpaired) electrons. The predicted molar refractivity (Wildman–Crippen MR) is 97.2 cm³/mol. The van der Waals surface area contributed by atoms with Crippen molar-refractivity contribution in [2.75, 3.05) is 12.4 Å². The van der Waals surface area contributed by atoms with E-state index in [-0.39, 0.29) is 17.5 Å². The molecule has 2 aromatic rings. The van der Waals surface area contributed by atoms with Gasteiger partial charge in [0.1, 0.15) is 0 Å². The van der Waals surface area contributed by atoms with Gasteiger partial charge >= 0.3 is 5.97 Å². The van der Waals surface area contributed by atoms with Crippen LogP contribution in [0.25, 0.3) is 0 Å². The van der Waals surface area contributed by atoms with Crippen LogP contribution in [0.1, 0.15) is 35.3 Å². The average Bonchev–Trinajstić information content (AvgIpc) is 2.62. The van der Waals surface area contributed by atoms with E-state index in [1.807, 2.05) is 24.3 Å². The molecule has 1 aliphatic heterocycles. The minimum Gasteiger partial charge on any atom is -0.462 e. The monoisotopic (exact) mass is 377 g/mol. The van der Waals surface area contributed by atoms with Crippen molar-refractivity contribution >= 4 is 27.8 Å². The van der Waals surface area contributed by atoms with Crippen molar-refractivity contribution in [1.29, 1.82) is 0 Å². The van der Waals surface area contributed by atoms with Gasteiger partial charge in [-0.05, 0) is 55.0 Å². The van der Waals surface area contributed by atoms with Crippen LogP contribution in [0.4, 0.5) is 0 Å². The van der Waals surface area contributed by atoms with Crippen LogP contribution in [-0.4, -0.2) is 26.7 Å². The highest BCUT2D eigenvalue weighted by molar-refractivity contribution is 7.99. The molecule has 0 fully saturated rings. The molecular formula is C18H19NO4S2. The van der Waals surface area contributed by atoms with Gasteiger partial charge in [0.2, 0.25) is 10.0 Å². The lowest BCUT2D eigenvalue weighted by Gasteiger charge is -2.25. The van der Waals surface area contributed by atoms with Crippen LogP contribution in [-0.2, 0) is 14.8 Å². The van der Waals surface area contributed by atoms with Crippen molar-refractivity contribution in [2.45, 2.75) is 29.2 Å². The van der Waals surface area contributed by atoms with E-state index in [2.05, 4.69) is 4.72 Å². The lowest BCUT2D eigenvalue weighted by molar-refractivity contribution is 0.0526. The Kier molecular flexibility index (Phi) is 5.46. The molecule has 3 rings (SSSR count). The summed E-state index contributed by atoms with van der Waals surface area (Å²) in [6, 6.07) is 13.4. The second-order valence-electron chi connectivity index (χ2n) is 5.59. The number of hydrogen-bond acceptors (Lipinski definition) is 5. The van der Waals surface area contributed by atoms with Crippen LogP contribution in [0.5, 0.6) is 0 Å². The number of thioether (sulfide) groups is 1. The summed E-state index contributed by atoms with van der Waals surface area (Å²) in [6.07, 6.45) is 0.738. The third-order valence-corrected chi connectivity index (χ3v) is 6.54. The summed E-state index contributed by atoms with van der Waals surface area (Å²) in [5.74, 6) is 0.407. The molecule has 0 aromatic heterocycles. The lowest BCUT2D eigenvalue weighted by Crippen LogP contribution is -2.30. The summed E-state index contributed by atoms with van der Waals surface area (Å²) in [7, 11) is -3.67. The van der Waals surface area contributed by atoms with Crippen molar-refractivity contribution in [1.82, 2.24) is 4.72 Å². The molecule has 0 saturated heterocycles. The zero-order valence-corrected chi connectivity index (χ0v) is 15.4. The first kappa shape index (κ1) is 18.0. The number of nitrogens with one attached hydrogen (secondary N) is 1. The summed E-state index contributed by atoms with van der Waals surface area (Å²) < 4.78 is 33.1. The molecule has 0 spiro atoms. The van der Waals surface area contributed by atoms with Gasteiger partial charge in [0, 0.05) is 10.9 Å². The van der Waals surface area contributed by atoms with E-state index in [9.17, 15) is 13.2 Å². The molecule has 1 atom stereocenters. The SMILES string of the molecule is CCOC(=O)c1ccc(S(=O)(=O)N[C@H]2CCSc3ccccc32)cc1. The molecule has 0 saturated carbocycles. The van der Waals surface area contributed by atoms with E-state index >= 15 is 0 Å². The Morgan fingerprint density at radius 3 is 2.64 bits per heavy atom. The Bertz CT molecular complexity index is 863. The normalized spacial score (nSPS) is 16.9. The second-order valence-corrected chi connectivity index (χ2v) is 8.44. The number of hydrogen-bond donors (Lipinski definition) is 1. The zero-order valence-electron chi connectivity index (χ0n) is 13.8. The summed E-state index contributed by atoms with van der Waals surface area (Å²) in [4.78, 5) is 12.9. The standard InChI is InChI=1S/C18H19NO4S2/c1-2-23-18(20)13-7-9-14(10-8-13)25(21,22)19-16-11-12-24-17-6-4-3-5-15(16)17/h3-10,16,19H,2,11-12H2,1H3/t16-/m0/s1. The van der Waals surface area contributed by atoms with Crippen LogP contribution < -0.4 is 4.72 Å². The summed E-state index contributed by atoms with van der Waals surface area (Å²) in [5, 5.41) is 0. The van der Waals surface area contributed by atoms with E-state index in [0.29, 0.717) is 5.56 Å². The number of ether oxygens (including phenoxy) is 1. The third kappa shape index (κ3) is 4.05. The van der Waals surface area contributed by atoms with Gasteiger partial charge in [-0.25, -0.2) is 17.9 Å². The van der Waals surface area contributed by atoms with E-state index < -0.39 is 16.0 Å². The number of carbonyl (C=O) groups excluding carboxylic acids is 1. The highest BCUT2D eigenvalue weighted by atomic mass is 32.2. The Hall–Kier alpha value is -1.83. The molecule has 5 nitrogen and oxygen atoms in total. The van der Waals surface area contributed by atoms with Crippen LogP contribution in [0.15, 0.2) is 58.3 Å². The molecule has 1 heterocycles. The molecule has 1 N–H and O–H groups in total. The fourth-order valence-corrected chi connectivity index (χ4v) is 5.08. The predicted octanol–water partition coefficient (Wildman–Crippen LogP) is 3.38. The van der Waals surface area contributed by atoms with Crippen molar-refractivity contribution in [3.8, 4) is 0 Å². The van der Waals surface area contributed by atoms with E-state index in [4.69, 9.17) is 4.74 Å². The lowest BCUT2D eigenvalue weighted by atomic mass is 10.1. The Morgan fingerprint density at radius 2 is 1.92 bits per heavy atom. The Balaban J connectivity index is 1.80. The molecule has 0 amide bonds. The molecule has 1 aliphatic rings. The molecule has 2 aromatic carbocycles. The van der Waals surface area contributed by atoms with Crippen LogP contribution in [0, 0.1) is 0 Å². The maximum absolute atomic E-state index is 12.7. The van der Waals surface area contributed by atoms with Crippen molar-refractivity contribution in [3.05, 3.63) is 59.7 Å². The minimum atomic E-state index is -3.67. The number of rotatable bonds is 5. The molecule has 0 aliphatic carbocycles. The number of sulfonamides is 1. The molecule has 132 valence electrons. The van der Waals surface area contributed by atoms with Gasteiger partial charge in [-0.15, -0.1) is 11.8 Å². The molecule has 25 heavy (non-hydrogen) atoms. The summed E-state index contributed by atoms with van der Waals surface area (Å²) >= 11 is 1.74. The van der Waals surface area contributed by atoms with E-state index in [1.165, 1.54) is 24.3 Å². The topological polar surface area (TPSA) is 72.5 Å². The maximum Gasteiger partial charge on any atom is 0.338 e. The quantitative estimate of drug-likeness (QED) is 0.809.